The van der Waals surface area contributed by atoms with Crippen LogP contribution in [0.3, 0.4) is 0 Å². The number of nitrogens with one attached hydrogen (secondary N) is 3. The SMILES string of the molecule is CCNC(=NCCCn1ccc2ccccc21)NCCNC(=O)C(C)(C)C. The number of aryl methyl sites for hydroxylation is 1. The first-order valence-electron chi connectivity index (χ1n) is 9.76. The number of carbonyl (C=O) groups excluding carboxylic acids is 1. The van der Waals surface area contributed by atoms with E-state index in [2.05, 4.69) is 62.0 Å². The zero-order valence-electron chi connectivity index (χ0n) is 17.0. The maximum atomic E-state index is 11.9. The van der Waals surface area contributed by atoms with E-state index in [-0.39, 0.29) is 11.3 Å². The average molecular weight is 372 g/mol. The van der Waals surface area contributed by atoms with Crippen molar-refractivity contribution in [2.24, 2.45) is 10.4 Å². The first-order valence-corrected chi connectivity index (χ1v) is 9.76. The molecule has 1 amide bonds. The van der Waals surface area contributed by atoms with E-state index in [1.807, 2.05) is 27.7 Å². The van der Waals surface area contributed by atoms with Crippen molar-refractivity contribution in [2.75, 3.05) is 26.2 Å². The standard InChI is InChI=1S/C21H33N5O/c1-5-22-20(25-14-13-23-19(27)21(2,3)4)24-12-8-15-26-16-11-17-9-6-7-10-18(17)26/h6-7,9-11,16H,5,8,12-15H2,1-4H3,(H,23,27)(H2,22,24,25). The summed E-state index contributed by atoms with van der Waals surface area (Å²) in [7, 11) is 0. The molecule has 6 nitrogen and oxygen atoms in total. The van der Waals surface area contributed by atoms with Gasteiger partial charge in [0.05, 0.1) is 0 Å². The fourth-order valence-electron chi connectivity index (χ4n) is 2.73. The molecule has 0 spiro atoms. The number of guanidine groups is 1. The Kier molecular flexibility index (Phi) is 7.70. The van der Waals surface area contributed by atoms with Gasteiger partial charge in [-0.2, -0.15) is 0 Å². The summed E-state index contributed by atoms with van der Waals surface area (Å²) in [5.41, 5.74) is 0.905. The topological polar surface area (TPSA) is 70.5 Å². The second-order valence-corrected chi connectivity index (χ2v) is 7.61. The minimum absolute atomic E-state index is 0.0604. The van der Waals surface area contributed by atoms with Crippen LogP contribution in [0.4, 0.5) is 0 Å². The van der Waals surface area contributed by atoms with Crippen molar-refractivity contribution in [2.45, 2.75) is 40.7 Å². The lowest BCUT2D eigenvalue weighted by Gasteiger charge is -2.18. The number of aliphatic imine (C=N–C) groups is 1. The molecule has 0 saturated carbocycles. The molecule has 0 saturated heterocycles. The summed E-state index contributed by atoms with van der Waals surface area (Å²) < 4.78 is 2.27. The van der Waals surface area contributed by atoms with Crippen molar-refractivity contribution in [3.05, 3.63) is 36.5 Å². The second kappa shape index (κ2) is 10.00. The molecule has 1 aromatic carbocycles. The zero-order chi connectivity index (χ0) is 19.7. The van der Waals surface area contributed by atoms with Crippen molar-refractivity contribution >= 4 is 22.8 Å². The summed E-state index contributed by atoms with van der Waals surface area (Å²) in [5.74, 6) is 0.852. The van der Waals surface area contributed by atoms with Crippen molar-refractivity contribution in [3.63, 3.8) is 0 Å². The van der Waals surface area contributed by atoms with Gasteiger partial charge < -0.3 is 20.5 Å². The van der Waals surface area contributed by atoms with Gasteiger partial charge in [-0.05, 0) is 30.9 Å². The van der Waals surface area contributed by atoms with Gasteiger partial charge in [-0.25, -0.2) is 0 Å². The fourth-order valence-corrected chi connectivity index (χ4v) is 2.73. The van der Waals surface area contributed by atoms with Crippen molar-refractivity contribution in [3.8, 4) is 0 Å². The maximum absolute atomic E-state index is 11.9. The first-order chi connectivity index (χ1) is 12.9. The minimum Gasteiger partial charge on any atom is -0.357 e. The van der Waals surface area contributed by atoms with Crippen molar-refractivity contribution < 1.29 is 4.79 Å². The van der Waals surface area contributed by atoms with Crippen LogP contribution in [0.2, 0.25) is 0 Å². The maximum Gasteiger partial charge on any atom is 0.225 e. The van der Waals surface area contributed by atoms with E-state index >= 15 is 0 Å². The molecule has 6 heteroatoms. The van der Waals surface area contributed by atoms with E-state index in [1.165, 1.54) is 10.9 Å². The van der Waals surface area contributed by atoms with Gasteiger partial charge in [-0.1, -0.05) is 39.0 Å². The molecule has 0 bridgehead atoms. The number of hydrogen-bond donors (Lipinski definition) is 3. The van der Waals surface area contributed by atoms with Crippen LogP contribution in [0.5, 0.6) is 0 Å². The lowest BCUT2D eigenvalue weighted by atomic mass is 9.96. The van der Waals surface area contributed by atoms with Gasteiger partial charge in [0.25, 0.3) is 0 Å². The van der Waals surface area contributed by atoms with Crippen LogP contribution in [0.15, 0.2) is 41.5 Å². The number of carbonyl (C=O) groups is 1. The van der Waals surface area contributed by atoms with E-state index in [0.29, 0.717) is 13.1 Å². The van der Waals surface area contributed by atoms with Crippen molar-refractivity contribution in [1.82, 2.24) is 20.5 Å². The van der Waals surface area contributed by atoms with Gasteiger partial charge in [0.1, 0.15) is 0 Å². The molecule has 0 aliphatic carbocycles. The summed E-state index contributed by atoms with van der Waals surface area (Å²) in [5, 5.41) is 10.7. The third kappa shape index (κ3) is 6.62. The van der Waals surface area contributed by atoms with Gasteiger partial charge in [0.15, 0.2) is 5.96 Å². The average Bonchev–Trinajstić information content (AvgIpc) is 3.04. The molecule has 2 aromatic rings. The van der Waals surface area contributed by atoms with Gasteiger partial charge in [0.2, 0.25) is 5.91 Å². The van der Waals surface area contributed by atoms with Gasteiger partial charge in [-0.15, -0.1) is 0 Å². The van der Waals surface area contributed by atoms with Gasteiger partial charge in [-0.3, -0.25) is 9.79 Å². The summed E-state index contributed by atoms with van der Waals surface area (Å²) in [4.78, 5) is 16.5. The highest BCUT2D eigenvalue weighted by Crippen LogP contribution is 2.15. The van der Waals surface area contributed by atoms with E-state index in [0.717, 1.165) is 32.0 Å². The second-order valence-electron chi connectivity index (χ2n) is 7.61. The molecule has 0 atom stereocenters. The Labute approximate surface area is 162 Å². The number of amides is 1. The summed E-state index contributed by atoms with van der Waals surface area (Å²) >= 11 is 0. The molecular weight excluding hydrogens is 338 g/mol. The van der Waals surface area contributed by atoms with Crippen LogP contribution < -0.4 is 16.0 Å². The summed E-state index contributed by atoms with van der Waals surface area (Å²) in [6, 6.07) is 10.6. The fraction of sp³-hybridized carbons (Fsp3) is 0.524. The number of aromatic nitrogens is 1. The van der Waals surface area contributed by atoms with Crippen LogP contribution in [0.25, 0.3) is 10.9 Å². The van der Waals surface area contributed by atoms with Crippen LogP contribution in [-0.4, -0.2) is 42.6 Å². The molecule has 27 heavy (non-hydrogen) atoms. The van der Waals surface area contributed by atoms with E-state index in [4.69, 9.17) is 0 Å². The normalized spacial score (nSPS) is 12.2. The number of rotatable bonds is 8. The predicted octanol–water partition coefficient (Wildman–Crippen LogP) is 2.75. The van der Waals surface area contributed by atoms with Crippen LogP contribution in [-0.2, 0) is 11.3 Å². The van der Waals surface area contributed by atoms with Crippen LogP contribution in [0, 0.1) is 5.41 Å². The molecule has 148 valence electrons. The Morgan fingerprint density at radius 3 is 2.56 bits per heavy atom. The molecule has 2 rings (SSSR count). The van der Waals surface area contributed by atoms with Gasteiger partial charge in [0, 0.05) is 49.9 Å². The molecule has 3 N–H and O–H groups in total. The molecule has 0 radical (unpaired) electrons. The lowest BCUT2D eigenvalue weighted by Crippen LogP contribution is -2.43. The summed E-state index contributed by atoms with van der Waals surface area (Å²) in [6.07, 6.45) is 3.10. The smallest absolute Gasteiger partial charge is 0.225 e. The molecule has 0 fully saturated rings. The number of hydrogen-bond acceptors (Lipinski definition) is 2. The number of nitrogens with zero attached hydrogens (tertiary/aromatic N) is 2. The minimum atomic E-state index is -0.360. The van der Waals surface area contributed by atoms with E-state index < -0.39 is 0 Å². The highest BCUT2D eigenvalue weighted by atomic mass is 16.2. The van der Waals surface area contributed by atoms with Gasteiger partial charge >= 0.3 is 0 Å². The lowest BCUT2D eigenvalue weighted by molar-refractivity contribution is -0.128. The number of fused-ring (bicyclic) bond motifs is 1. The van der Waals surface area contributed by atoms with E-state index in [9.17, 15) is 4.79 Å². The Hall–Kier alpha value is -2.50. The zero-order valence-corrected chi connectivity index (χ0v) is 17.0. The monoisotopic (exact) mass is 371 g/mol. The molecular formula is C21H33N5O. The summed E-state index contributed by atoms with van der Waals surface area (Å²) in [6.45, 7) is 11.5. The Morgan fingerprint density at radius 1 is 1.07 bits per heavy atom. The number of para-hydroxylation sites is 1. The Balaban J connectivity index is 1.75. The van der Waals surface area contributed by atoms with Crippen LogP contribution in [0.1, 0.15) is 34.1 Å². The largest absolute Gasteiger partial charge is 0.357 e. The molecule has 1 aromatic heterocycles. The Bertz CT molecular complexity index is 757. The molecule has 0 unspecified atom stereocenters. The number of benzene rings is 1. The van der Waals surface area contributed by atoms with Crippen molar-refractivity contribution in [1.29, 1.82) is 0 Å². The highest BCUT2D eigenvalue weighted by molar-refractivity contribution is 5.82. The highest BCUT2D eigenvalue weighted by Gasteiger charge is 2.20. The Morgan fingerprint density at radius 2 is 1.81 bits per heavy atom. The molecule has 1 heterocycles. The van der Waals surface area contributed by atoms with Crippen LogP contribution >= 0.6 is 0 Å². The first kappa shape index (κ1) is 20.8. The molecule has 0 aliphatic rings. The molecule has 0 aliphatic heterocycles. The third-order valence-corrected chi connectivity index (χ3v) is 4.24. The third-order valence-electron chi connectivity index (χ3n) is 4.24. The predicted molar refractivity (Wildman–Crippen MR) is 113 cm³/mol. The quantitative estimate of drug-likeness (QED) is 0.380. The van der Waals surface area contributed by atoms with E-state index in [1.54, 1.807) is 0 Å².